The van der Waals surface area contributed by atoms with Crippen molar-refractivity contribution in [2.75, 3.05) is 0 Å². The molecule has 2 aromatic carbocycles. The summed E-state index contributed by atoms with van der Waals surface area (Å²) in [5.41, 5.74) is 2.71. The van der Waals surface area contributed by atoms with Crippen LogP contribution in [0.3, 0.4) is 0 Å². The number of nitrogens with zero attached hydrogens (tertiary/aromatic N) is 4. The summed E-state index contributed by atoms with van der Waals surface area (Å²) in [7, 11) is 0. The molecule has 4 rings (SSSR count). The Balaban J connectivity index is 2.06. The molecule has 0 spiro atoms. The number of rotatable bonds is 2. The molecule has 0 aliphatic rings. The highest BCUT2D eigenvalue weighted by atomic mass is 35.5. The van der Waals surface area contributed by atoms with Gasteiger partial charge in [-0.15, -0.1) is 0 Å². The summed E-state index contributed by atoms with van der Waals surface area (Å²) in [6.45, 7) is 0. The van der Waals surface area contributed by atoms with Gasteiger partial charge in [0.1, 0.15) is 11.3 Å². The quantitative estimate of drug-likeness (QED) is 0.376. The molecule has 0 bridgehead atoms. The summed E-state index contributed by atoms with van der Waals surface area (Å²) < 4.78 is 1.86. The fourth-order valence-corrected chi connectivity index (χ4v) is 3.29. The third kappa shape index (κ3) is 3.07. The standard InChI is InChI=1S/C17H8Cl4N4/c18-9-1-4-11(5-2-9)25-15(12-6-3-10(19)7-13(12)20)23-14-8-22-17(21)24-16(14)25/h1-8H. The Morgan fingerprint density at radius 1 is 0.800 bits per heavy atom. The van der Waals surface area contributed by atoms with Gasteiger partial charge in [-0.3, -0.25) is 4.57 Å². The van der Waals surface area contributed by atoms with Gasteiger partial charge in [-0.05, 0) is 54.1 Å². The van der Waals surface area contributed by atoms with Crippen molar-refractivity contribution in [2.45, 2.75) is 0 Å². The molecule has 0 N–H and O–H groups in total. The number of imidazole rings is 1. The van der Waals surface area contributed by atoms with Gasteiger partial charge in [0.25, 0.3) is 0 Å². The van der Waals surface area contributed by atoms with Crippen LogP contribution >= 0.6 is 46.4 Å². The Bertz CT molecular complexity index is 1090. The van der Waals surface area contributed by atoms with Crippen molar-refractivity contribution < 1.29 is 0 Å². The topological polar surface area (TPSA) is 43.6 Å². The smallest absolute Gasteiger partial charge is 0.224 e. The third-order valence-electron chi connectivity index (χ3n) is 3.63. The van der Waals surface area contributed by atoms with Gasteiger partial charge >= 0.3 is 0 Å². The lowest BCUT2D eigenvalue weighted by Crippen LogP contribution is -1.99. The highest BCUT2D eigenvalue weighted by Gasteiger charge is 2.18. The van der Waals surface area contributed by atoms with Crippen LogP contribution in [0.5, 0.6) is 0 Å². The molecule has 0 fully saturated rings. The van der Waals surface area contributed by atoms with E-state index in [4.69, 9.17) is 46.4 Å². The van der Waals surface area contributed by atoms with Crippen LogP contribution in [0.15, 0.2) is 48.7 Å². The number of hydrogen-bond donors (Lipinski definition) is 0. The van der Waals surface area contributed by atoms with Gasteiger partial charge in [-0.1, -0.05) is 34.8 Å². The van der Waals surface area contributed by atoms with Crippen molar-refractivity contribution in [3.63, 3.8) is 0 Å². The Kier molecular flexibility index (Phi) is 4.29. The first kappa shape index (κ1) is 16.6. The molecule has 0 aliphatic carbocycles. The minimum absolute atomic E-state index is 0.136. The first-order valence-electron chi connectivity index (χ1n) is 7.15. The summed E-state index contributed by atoms with van der Waals surface area (Å²) in [4.78, 5) is 13.0. The molecule has 25 heavy (non-hydrogen) atoms. The zero-order valence-corrected chi connectivity index (χ0v) is 15.4. The molecule has 0 unspecified atom stereocenters. The minimum Gasteiger partial charge on any atom is -0.277 e. The van der Waals surface area contributed by atoms with E-state index in [0.29, 0.717) is 32.1 Å². The summed E-state index contributed by atoms with van der Waals surface area (Å²) in [5.74, 6) is 0.607. The average molecular weight is 410 g/mol. The van der Waals surface area contributed by atoms with Gasteiger partial charge in [0.05, 0.1) is 11.2 Å². The zero-order chi connectivity index (χ0) is 17.6. The molecule has 8 heteroatoms. The van der Waals surface area contributed by atoms with E-state index in [1.165, 1.54) is 0 Å². The van der Waals surface area contributed by atoms with Gasteiger partial charge < -0.3 is 0 Å². The van der Waals surface area contributed by atoms with Crippen LogP contribution in [0.25, 0.3) is 28.2 Å². The second kappa shape index (κ2) is 6.46. The lowest BCUT2D eigenvalue weighted by atomic mass is 10.2. The predicted molar refractivity (Wildman–Crippen MR) is 102 cm³/mol. The maximum absolute atomic E-state index is 6.39. The van der Waals surface area contributed by atoms with E-state index < -0.39 is 0 Å². The molecule has 2 aromatic heterocycles. The largest absolute Gasteiger partial charge is 0.277 e. The maximum atomic E-state index is 6.39. The van der Waals surface area contributed by atoms with Crippen molar-refractivity contribution in [2.24, 2.45) is 0 Å². The maximum Gasteiger partial charge on any atom is 0.224 e. The van der Waals surface area contributed by atoms with E-state index in [0.717, 1.165) is 11.3 Å². The van der Waals surface area contributed by atoms with Crippen molar-refractivity contribution >= 4 is 57.6 Å². The number of benzene rings is 2. The molecule has 0 atom stereocenters. The number of hydrogen-bond acceptors (Lipinski definition) is 3. The van der Waals surface area contributed by atoms with Crippen LogP contribution in [-0.4, -0.2) is 19.5 Å². The van der Waals surface area contributed by atoms with Crippen molar-refractivity contribution in [1.82, 2.24) is 19.5 Å². The van der Waals surface area contributed by atoms with Gasteiger partial charge in [-0.2, -0.15) is 4.98 Å². The molecule has 0 amide bonds. The molecule has 4 aromatic rings. The Morgan fingerprint density at radius 2 is 1.52 bits per heavy atom. The van der Waals surface area contributed by atoms with Crippen LogP contribution in [-0.2, 0) is 0 Å². The molecule has 2 heterocycles. The number of fused-ring (bicyclic) bond motifs is 1. The second-order valence-electron chi connectivity index (χ2n) is 5.22. The van der Waals surface area contributed by atoms with E-state index >= 15 is 0 Å². The number of halogens is 4. The molecular formula is C17H8Cl4N4. The first-order chi connectivity index (χ1) is 12.0. The van der Waals surface area contributed by atoms with E-state index in [1.807, 2.05) is 22.8 Å². The predicted octanol–water partition coefficient (Wildman–Crippen LogP) is 6.10. The van der Waals surface area contributed by atoms with Gasteiger partial charge in [0.15, 0.2) is 5.65 Å². The normalized spacial score (nSPS) is 11.2. The molecular weight excluding hydrogens is 402 g/mol. The molecule has 0 radical (unpaired) electrons. The third-order valence-corrected chi connectivity index (χ3v) is 4.61. The molecule has 0 saturated carbocycles. The summed E-state index contributed by atoms with van der Waals surface area (Å²) in [6, 6.07) is 12.6. The van der Waals surface area contributed by atoms with Crippen LogP contribution in [0.4, 0.5) is 0 Å². The lowest BCUT2D eigenvalue weighted by Gasteiger charge is -2.10. The van der Waals surface area contributed by atoms with Crippen LogP contribution in [0, 0.1) is 0 Å². The summed E-state index contributed by atoms with van der Waals surface area (Å²) in [6.07, 6.45) is 1.57. The monoisotopic (exact) mass is 408 g/mol. The summed E-state index contributed by atoms with van der Waals surface area (Å²) >= 11 is 24.4. The van der Waals surface area contributed by atoms with E-state index in [2.05, 4.69) is 15.0 Å². The minimum atomic E-state index is 0.136. The molecule has 0 aliphatic heterocycles. The van der Waals surface area contributed by atoms with E-state index in [9.17, 15) is 0 Å². The van der Waals surface area contributed by atoms with Crippen molar-refractivity contribution in [3.8, 4) is 17.1 Å². The Morgan fingerprint density at radius 3 is 2.24 bits per heavy atom. The highest BCUT2D eigenvalue weighted by Crippen LogP contribution is 2.34. The van der Waals surface area contributed by atoms with E-state index in [-0.39, 0.29) is 5.28 Å². The zero-order valence-electron chi connectivity index (χ0n) is 12.4. The average Bonchev–Trinajstić information content (AvgIpc) is 2.94. The Labute approximate surface area is 163 Å². The van der Waals surface area contributed by atoms with Crippen LogP contribution in [0.2, 0.25) is 20.4 Å². The molecule has 4 nitrogen and oxygen atoms in total. The molecule has 124 valence electrons. The SMILES string of the molecule is Clc1ccc(-n2c(-c3ccc(Cl)cc3Cl)nc3cnc(Cl)nc32)cc1. The lowest BCUT2D eigenvalue weighted by molar-refractivity contribution is 1.07. The van der Waals surface area contributed by atoms with Gasteiger partial charge in [0.2, 0.25) is 5.28 Å². The van der Waals surface area contributed by atoms with E-state index in [1.54, 1.807) is 30.5 Å². The van der Waals surface area contributed by atoms with Gasteiger partial charge in [0, 0.05) is 21.3 Å². The second-order valence-corrected chi connectivity index (χ2v) is 6.84. The fraction of sp³-hybridized carbons (Fsp3) is 0. The summed E-state index contributed by atoms with van der Waals surface area (Å²) in [5, 5.41) is 1.80. The van der Waals surface area contributed by atoms with Gasteiger partial charge in [-0.25, -0.2) is 9.97 Å². The molecule has 0 saturated heterocycles. The Hall–Kier alpha value is -1.85. The van der Waals surface area contributed by atoms with Crippen molar-refractivity contribution in [3.05, 3.63) is 69.0 Å². The van der Waals surface area contributed by atoms with Crippen LogP contribution in [0.1, 0.15) is 0 Å². The first-order valence-corrected chi connectivity index (χ1v) is 8.66. The highest BCUT2D eigenvalue weighted by molar-refractivity contribution is 6.36. The van der Waals surface area contributed by atoms with Crippen LogP contribution < -0.4 is 0 Å². The van der Waals surface area contributed by atoms with Crippen molar-refractivity contribution in [1.29, 1.82) is 0 Å². The fourth-order valence-electron chi connectivity index (χ4n) is 2.54. The number of aromatic nitrogens is 4.